The monoisotopic (exact) mass is 356 g/mol. The summed E-state index contributed by atoms with van der Waals surface area (Å²) in [6.07, 6.45) is 10.5. The zero-order valence-electron chi connectivity index (χ0n) is 16.6. The number of benzene rings is 1. The molecule has 0 N–H and O–H groups in total. The normalized spacial score (nSPS) is 12.8. The molecular formula is C22H32N2O2. The fourth-order valence-electron chi connectivity index (χ4n) is 3.01. The van der Waals surface area contributed by atoms with Crippen molar-refractivity contribution in [2.75, 3.05) is 6.61 Å². The van der Waals surface area contributed by atoms with Gasteiger partial charge in [-0.2, -0.15) is 0 Å². The Kier molecular flexibility index (Phi) is 7.43. The summed E-state index contributed by atoms with van der Waals surface area (Å²) in [5.41, 5.74) is 1.02. The van der Waals surface area contributed by atoms with E-state index in [0.717, 1.165) is 24.3 Å². The van der Waals surface area contributed by atoms with Gasteiger partial charge in [-0.05, 0) is 36.0 Å². The SMILES string of the molecule is CCCCCCOc1ccc(CC(C(=O)n2ccnc2)C(C)(C)C)cc1. The molecule has 0 aliphatic carbocycles. The van der Waals surface area contributed by atoms with Crippen LogP contribution < -0.4 is 4.74 Å². The van der Waals surface area contributed by atoms with Crippen LogP contribution in [0.5, 0.6) is 5.75 Å². The lowest BCUT2D eigenvalue weighted by molar-refractivity contribution is 0.0724. The number of imidazole rings is 1. The van der Waals surface area contributed by atoms with E-state index < -0.39 is 0 Å². The van der Waals surface area contributed by atoms with Gasteiger partial charge in [0.05, 0.1) is 6.61 Å². The maximum atomic E-state index is 12.8. The Morgan fingerprint density at radius 3 is 2.46 bits per heavy atom. The molecule has 4 nitrogen and oxygen atoms in total. The van der Waals surface area contributed by atoms with Crippen LogP contribution in [0.15, 0.2) is 43.0 Å². The van der Waals surface area contributed by atoms with Crippen molar-refractivity contribution < 1.29 is 9.53 Å². The van der Waals surface area contributed by atoms with Gasteiger partial charge < -0.3 is 4.74 Å². The van der Waals surface area contributed by atoms with Gasteiger partial charge in [-0.15, -0.1) is 0 Å². The third-order valence-corrected chi connectivity index (χ3v) is 4.73. The van der Waals surface area contributed by atoms with Gasteiger partial charge in [0.1, 0.15) is 12.1 Å². The van der Waals surface area contributed by atoms with Gasteiger partial charge in [0, 0.05) is 18.3 Å². The molecule has 0 radical (unpaired) electrons. The smallest absolute Gasteiger partial charge is 0.235 e. The van der Waals surface area contributed by atoms with Crippen LogP contribution in [0.25, 0.3) is 0 Å². The first-order valence-corrected chi connectivity index (χ1v) is 9.65. The van der Waals surface area contributed by atoms with Gasteiger partial charge in [-0.25, -0.2) is 4.98 Å². The van der Waals surface area contributed by atoms with E-state index in [1.165, 1.54) is 19.3 Å². The summed E-state index contributed by atoms with van der Waals surface area (Å²) in [5.74, 6) is 0.877. The molecule has 0 amide bonds. The zero-order chi connectivity index (χ0) is 19.0. The van der Waals surface area contributed by atoms with Crippen molar-refractivity contribution in [1.29, 1.82) is 0 Å². The number of rotatable bonds is 9. The quantitative estimate of drug-likeness (QED) is 0.566. The number of carbonyl (C=O) groups excluding carboxylic acids is 1. The number of carbonyl (C=O) groups is 1. The molecule has 26 heavy (non-hydrogen) atoms. The van der Waals surface area contributed by atoms with Crippen molar-refractivity contribution in [2.45, 2.75) is 59.8 Å². The summed E-state index contributed by atoms with van der Waals surface area (Å²) in [7, 11) is 0. The molecule has 4 heteroatoms. The first-order valence-electron chi connectivity index (χ1n) is 9.65. The first-order chi connectivity index (χ1) is 12.4. The number of aromatic nitrogens is 2. The lowest BCUT2D eigenvalue weighted by Crippen LogP contribution is -2.33. The van der Waals surface area contributed by atoms with Crippen LogP contribution in [0.4, 0.5) is 0 Å². The van der Waals surface area contributed by atoms with E-state index in [0.29, 0.717) is 6.42 Å². The van der Waals surface area contributed by atoms with Crippen LogP contribution in [0.3, 0.4) is 0 Å². The van der Waals surface area contributed by atoms with Gasteiger partial charge in [0.15, 0.2) is 0 Å². The molecule has 0 aliphatic heterocycles. The third kappa shape index (κ3) is 6.01. The highest BCUT2D eigenvalue weighted by atomic mass is 16.5. The molecule has 2 rings (SSSR count). The zero-order valence-corrected chi connectivity index (χ0v) is 16.6. The Morgan fingerprint density at radius 1 is 1.15 bits per heavy atom. The number of hydrogen-bond acceptors (Lipinski definition) is 3. The third-order valence-electron chi connectivity index (χ3n) is 4.73. The van der Waals surface area contributed by atoms with Crippen molar-refractivity contribution in [2.24, 2.45) is 11.3 Å². The van der Waals surface area contributed by atoms with Crippen molar-refractivity contribution >= 4 is 5.91 Å². The molecule has 0 spiro atoms. The predicted octanol–water partition coefficient (Wildman–Crippen LogP) is 5.39. The van der Waals surface area contributed by atoms with Crippen molar-refractivity contribution in [3.05, 3.63) is 48.5 Å². The Labute approximate surface area is 157 Å². The van der Waals surface area contributed by atoms with E-state index in [-0.39, 0.29) is 17.2 Å². The molecular weight excluding hydrogens is 324 g/mol. The van der Waals surface area contributed by atoms with Gasteiger partial charge in [0.25, 0.3) is 0 Å². The summed E-state index contributed by atoms with van der Waals surface area (Å²) >= 11 is 0. The predicted molar refractivity (Wildman–Crippen MR) is 106 cm³/mol. The summed E-state index contributed by atoms with van der Waals surface area (Å²) in [4.78, 5) is 16.8. The number of ether oxygens (including phenoxy) is 1. The molecule has 0 saturated heterocycles. The maximum Gasteiger partial charge on any atom is 0.235 e. The highest BCUT2D eigenvalue weighted by Crippen LogP contribution is 2.31. The molecule has 142 valence electrons. The van der Waals surface area contributed by atoms with Gasteiger partial charge in [0.2, 0.25) is 5.91 Å². The summed E-state index contributed by atoms with van der Waals surface area (Å²) < 4.78 is 7.39. The van der Waals surface area contributed by atoms with Crippen molar-refractivity contribution in [3.8, 4) is 5.75 Å². The first kappa shape index (κ1) is 20.2. The molecule has 0 saturated carbocycles. The van der Waals surface area contributed by atoms with Crippen molar-refractivity contribution in [3.63, 3.8) is 0 Å². The molecule has 1 unspecified atom stereocenters. The Balaban J connectivity index is 1.97. The highest BCUT2D eigenvalue weighted by Gasteiger charge is 2.32. The van der Waals surface area contributed by atoms with E-state index in [9.17, 15) is 4.79 Å². The lowest BCUT2D eigenvalue weighted by Gasteiger charge is -2.29. The number of unbranched alkanes of at least 4 members (excludes halogenated alkanes) is 3. The van der Waals surface area contributed by atoms with Crippen LogP contribution in [0.2, 0.25) is 0 Å². The second kappa shape index (κ2) is 9.56. The average Bonchev–Trinajstić information content (AvgIpc) is 3.14. The molecule has 1 heterocycles. The Hall–Kier alpha value is -2.10. The molecule has 0 bridgehead atoms. The van der Waals surface area contributed by atoms with E-state index in [4.69, 9.17) is 4.74 Å². The van der Waals surface area contributed by atoms with E-state index in [1.54, 1.807) is 23.3 Å². The second-order valence-corrected chi connectivity index (χ2v) is 7.98. The minimum atomic E-state index is -0.129. The summed E-state index contributed by atoms with van der Waals surface area (Å²) in [5, 5.41) is 0. The van der Waals surface area contributed by atoms with E-state index in [2.05, 4.69) is 44.8 Å². The molecule has 2 aromatic rings. The highest BCUT2D eigenvalue weighted by molar-refractivity contribution is 5.82. The maximum absolute atomic E-state index is 12.8. The van der Waals surface area contributed by atoms with Crippen LogP contribution in [-0.2, 0) is 6.42 Å². The van der Waals surface area contributed by atoms with E-state index >= 15 is 0 Å². The topological polar surface area (TPSA) is 44.1 Å². The van der Waals surface area contributed by atoms with Crippen LogP contribution in [0.1, 0.15) is 63.7 Å². The van der Waals surface area contributed by atoms with E-state index in [1.807, 2.05) is 12.1 Å². The van der Waals surface area contributed by atoms with Crippen LogP contribution in [0, 0.1) is 11.3 Å². The molecule has 1 aromatic carbocycles. The number of nitrogens with zero attached hydrogens (tertiary/aromatic N) is 2. The number of hydrogen-bond donors (Lipinski definition) is 0. The molecule has 0 aliphatic rings. The van der Waals surface area contributed by atoms with Crippen LogP contribution in [-0.4, -0.2) is 22.1 Å². The Bertz CT molecular complexity index is 654. The van der Waals surface area contributed by atoms with Gasteiger partial charge >= 0.3 is 0 Å². The van der Waals surface area contributed by atoms with Crippen LogP contribution >= 0.6 is 0 Å². The summed E-state index contributed by atoms with van der Waals surface area (Å²) in [6, 6.07) is 8.16. The lowest BCUT2D eigenvalue weighted by atomic mass is 9.76. The second-order valence-electron chi connectivity index (χ2n) is 7.98. The largest absolute Gasteiger partial charge is 0.494 e. The fourth-order valence-corrected chi connectivity index (χ4v) is 3.01. The van der Waals surface area contributed by atoms with Gasteiger partial charge in [-0.3, -0.25) is 9.36 Å². The fraction of sp³-hybridized carbons (Fsp3) is 0.545. The average molecular weight is 357 g/mol. The molecule has 0 fully saturated rings. The minimum absolute atomic E-state index is 0.0891. The minimum Gasteiger partial charge on any atom is -0.494 e. The van der Waals surface area contributed by atoms with Gasteiger partial charge in [-0.1, -0.05) is 59.1 Å². The summed E-state index contributed by atoms with van der Waals surface area (Å²) in [6.45, 7) is 9.31. The Morgan fingerprint density at radius 2 is 1.88 bits per heavy atom. The molecule has 1 aromatic heterocycles. The van der Waals surface area contributed by atoms with Crippen molar-refractivity contribution in [1.82, 2.24) is 9.55 Å². The molecule has 1 atom stereocenters. The standard InChI is InChI=1S/C22H32N2O2/c1-5-6-7-8-15-26-19-11-9-18(10-12-19)16-20(22(2,3)4)21(25)24-14-13-23-17-24/h9-14,17,20H,5-8,15-16H2,1-4H3.